The molecule has 122 valence electrons. The minimum Gasteiger partial charge on any atom is -0.355 e. The molecule has 23 heavy (non-hydrogen) atoms. The summed E-state index contributed by atoms with van der Waals surface area (Å²) in [6.45, 7) is 2.67. The zero-order valence-electron chi connectivity index (χ0n) is 12.9. The largest absolute Gasteiger partial charge is 0.355 e. The van der Waals surface area contributed by atoms with Gasteiger partial charge < -0.3 is 5.32 Å². The quantitative estimate of drug-likeness (QED) is 0.705. The lowest BCUT2D eigenvalue weighted by Crippen LogP contribution is -2.27. The molecular formula is C18H19Cl2NOS. The predicted molar refractivity (Wildman–Crippen MR) is 101 cm³/mol. The fourth-order valence-electron chi connectivity index (χ4n) is 2.06. The minimum absolute atomic E-state index is 0.0465. The van der Waals surface area contributed by atoms with Crippen LogP contribution >= 0.6 is 35.0 Å². The van der Waals surface area contributed by atoms with Crippen LogP contribution in [0.1, 0.15) is 16.7 Å². The van der Waals surface area contributed by atoms with Crippen LogP contribution < -0.4 is 5.32 Å². The molecule has 1 amide bonds. The van der Waals surface area contributed by atoms with Crippen LogP contribution in [-0.2, 0) is 17.0 Å². The van der Waals surface area contributed by atoms with Crippen molar-refractivity contribution >= 4 is 40.9 Å². The molecular weight excluding hydrogens is 349 g/mol. The van der Waals surface area contributed by atoms with E-state index in [0.29, 0.717) is 23.0 Å². The van der Waals surface area contributed by atoms with Crippen LogP contribution in [0.5, 0.6) is 0 Å². The first-order chi connectivity index (χ1) is 11.1. The second-order valence-electron chi connectivity index (χ2n) is 5.27. The molecule has 0 aliphatic rings. The van der Waals surface area contributed by atoms with Crippen LogP contribution in [-0.4, -0.2) is 18.2 Å². The highest BCUT2D eigenvalue weighted by Crippen LogP contribution is 2.27. The number of rotatable bonds is 7. The number of hydrogen-bond donors (Lipinski definition) is 1. The van der Waals surface area contributed by atoms with E-state index in [-0.39, 0.29) is 5.91 Å². The van der Waals surface area contributed by atoms with Gasteiger partial charge in [-0.3, -0.25) is 4.79 Å². The number of benzene rings is 2. The van der Waals surface area contributed by atoms with Gasteiger partial charge in [-0.2, -0.15) is 11.8 Å². The molecule has 0 heterocycles. The molecule has 0 aromatic heterocycles. The Balaban J connectivity index is 1.67. The third kappa shape index (κ3) is 6.09. The van der Waals surface area contributed by atoms with E-state index in [1.54, 1.807) is 11.8 Å². The highest BCUT2D eigenvalue weighted by molar-refractivity contribution is 7.98. The van der Waals surface area contributed by atoms with Gasteiger partial charge in [0.2, 0.25) is 5.91 Å². The zero-order valence-corrected chi connectivity index (χ0v) is 15.3. The summed E-state index contributed by atoms with van der Waals surface area (Å²) in [5.41, 5.74) is 3.18. The number of halogens is 2. The molecule has 0 radical (unpaired) electrons. The Morgan fingerprint density at radius 1 is 1.09 bits per heavy atom. The number of thioether (sulfide) groups is 1. The van der Waals surface area contributed by atoms with Crippen LogP contribution in [0.2, 0.25) is 10.0 Å². The van der Waals surface area contributed by atoms with Gasteiger partial charge in [0.05, 0.1) is 6.42 Å². The Bertz CT molecular complexity index is 638. The number of amides is 1. The topological polar surface area (TPSA) is 29.1 Å². The lowest BCUT2D eigenvalue weighted by Gasteiger charge is -2.08. The number of carbonyl (C=O) groups excluding carboxylic acids is 1. The van der Waals surface area contributed by atoms with E-state index >= 15 is 0 Å². The molecule has 2 nitrogen and oxygen atoms in total. The predicted octanol–water partition coefficient (Wildman–Crippen LogP) is 4.89. The molecule has 0 saturated heterocycles. The van der Waals surface area contributed by atoms with Gasteiger partial charge in [0.15, 0.2) is 0 Å². The van der Waals surface area contributed by atoms with Gasteiger partial charge in [0.25, 0.3) is 0 Å². The Labute approximate surface area is 151 Å². The summed E-state index contributed by atoms with van der Waals surface area (Å²) in [5.74, 6) is 1.61. The highest BCUT2D eigenvalue weighted by atomic mass is 35.5. The first kappa shape index (κ1) is 18.2. The molecule has 0 aliphatic heterocycles. The average molecular weight is 368 g/mol. The third-order valence-corrected chi connectivity index (χ3v) is 5.06. The second kappa shape index (κ2) is 9.21. The summed E-state index contributed by atoms with van der Waals surface area (Å²) in [5, 5.41) is 4.31. The Morgan fingerprint density at radius 3 is 2.39 bits per heavy atom. The fourth-order valence-corrected chi connectivity index (χ4v) is 3.66. The van der Waals surface area contributed by atoms with Crippen molar-refractivity contribution in [2.45, 2.75) is 19.1 Å². The molecule has 0 spiro atoms. The van der Waals surface area contributed by atoms with E-state index < -0.39 is 0 Å². The fraction of sp³-hybridized carbons (Fsp3) is 0.278. The number of hydrogen-bond acceptors (Lipinski definition) is 2. The van der Waals surface area contributed by atoms with Gasteiger partial charge in [0, 0.05) is 28.1 Å². The first-order valence-electron chi connectivity index (χ1n) is 7.39. The molecule has 0 atom stereocenters. The summed E-state index contributed by atoms with van der Waals surface area (Å²) in [7, 11) is 0. The van der Waals surface area contributed by atoms with Crippen LogP contribution in [0.15, 0.2) is 42.5 Å². The van der Waals surface area contributed by atoms with Crippen LogP contribution in [0.4, 0.5) is 0 Å². The maximum atomic E-state index is 11.9. The molecule has 2 aromatic carbocycles. The van der Waals surface area contributed by atoms with E-state index in [2.05, 4.69) is 5.32 Å². The smallest absolute Gasteiger partial charge is 0.224 e. The normalized spacial score (nSPS) is 10.6. The van der Waals surface area contributed by atoms with Gasteiger partial charge in [-0.05, 0) is 30.2 Å². The Kier molecular flexibility index (Phi) is 7.28. The SMILES string of the molecule is Cc1ccc(CC(=O)NCCSCc2c(Cl)cccc2Cl)cc1. The average Bonchev–Trinajstić information content (AvgIpc) is 2.52. The van der Waals surface area contributed by atoms with E-state index in [1.807, 2.05) is 49.4 Å². The van der Waals surface area contributed by atoms with E-state index in [1.165, 1.54) is 5.56 Å². The maximum absolute atomic E-state index is 11.9. The third-order valence-electron chi connectivity index (χ3n) is 3.36. The standard InChI is InChI=1S/C18H19Cl2NOS/c1-13-5-7-14(8-6-13)11-18(22)21-9-10-23-12-15-16(19)3-2-4-17(15)20/h2-8H,9-12H2,1H3,(H,21,22). The molecule has 0 unspecified atom stereocenters. The van der Waals surface area contributed by atoms with Crippen molar-refractivity contribution in [3.63, 3.8) is 0 Å². The van der Waals surface area contributed by atoms with E-state index in [9.17, 15) is 4.79 Å². The van der Waals surface area contributed by atoms with Crippen molar-refractivity contribution in [1.82, 2.24) is 5.32 Å². The van der Waals surface area contributed by atoms with Gasteiger partial charge >= 0.3 is 0 Å². The highest BCUT2D eigenvalue weighted by Gasteiger charge is 2.06. The van der Waals surface area contributed by atoms with Gasteiger partial charge in [0.1, 0.15) is 0 Å². The van der Waals surface area contributed by atoms with Gasteiger partial charge in [-0.15, -0.1) is 0 Å². The van der Waals surface area contributed by atoms with Gasteiger partial charge in [-0.1, -0.05) is 59.1 Å². The Hall–Kier alpha value is -1.16. The van der Waals surface area contributed by atoms with Crippen molar-refractivity contribution in [3.8, 4) is 0 Å². The van der Waals surface area contributed by atoms with Crippen molar-refractivity contribution in [1.29, 1.82) is 0 Å². The van der Waals surface area contributed by atoms with Crippen LogP contribution in [0, 0.1) is 6.92 Å². The second-order valence-corrected chi connectivity index (χ2v) is 7.18. The van der Waals surface area contributed by atoms with Crippen LogP contribution in [0.25, 0.3) is 0 Å². The molecule has 2 rings (SSSR count). The lowest BCUT2D eigenvalue weighted by atomic mass is 10.1. The van der Waals surface area contributed by atoms with Crippen molar-refractivity contribution in [3.05, 3.63) is 69.2 Å². The first-order valence-corrected chi connectivity index (χ1v) is 9.30. The summed E-state index contributed by atoms with van der Waals surface area (Å²) < 4.78 is 0. The maximum Gasteiger partial charge on any atom is 0.224 e. The summed E-state index contributed by atoms with van der Waals surface area (Å²) in [6.07, 6.45) is 0.418. The molecule has 5 heteroatoms. The molecule has 0 aliphatic carbocycles. The van der Waals surface area contributed by atoms with E-state index in [4.69, 9.17) is 23.2 Å². The van der Waals surface area contributed by atoms with Crippen molar-refractivity contribution in [2.75, 3.05) is 12.3 Å². The molecule has 0 bridgehead atoms. The van der Waals surface area contributed by atoms with Gasteiger partial charge in [-0.25, -0.2) is 0 Å². The van der Waals surface area contributed by atoms with Crippen molar-refractivity contribution in [2.24, 2.45) is 0 Å². The number of carbonyl (C=O) groups is 1. The Morgan fingerprint density at radius 2 is 1.74 bits per heavy atom. The molecule has 0 fully saturated rings. The minimum atomic E-state index is 0.0465. The molecule has 0 saturated carbocycles. The lowest BCUT2D eigenvalue weighted by molar-refractivity contribution is -0.120. The summed E-state index contributed by atoms with van der Waals surface area (Å²) in [6, 6.07) is 13.5. The van der Waals surface area contributed by atoms with Crippen molar-refractivity contribution < 1.29 is 4.79 Å². The monoisotopic (exact) mass is 367 g/mol. The number of aryl methyl sites for hydroxylation is 1. The number of nitrogens with one attached hydrogen (secondary N) is 1. The van der Waals surface area contributed by atoms with Crippen LogP contribution in [0.3, 0.4) is 0 Å². The van der Waals surface area contributed by atoms with E-state index in [0.717, 1.165) is 22.6 Å². The molecule has 2 aromatic rings. The molecule has 1 N–H and O–H groups in total. The summed E-state index contributed by atoms with van der Waals surface area (Å²) >= 11 is 14.0. The zero-order chi connectivity index (χ0) is 16.7. The summed E-state index contributed by atoms with van der Waals surface area (Å²) in [4.78, 5) is 11.9.